The van der Waals surface area contributed by atoms with Gasteiger partial charge in [0.25, 0.3) is 0 Å². The molecule has 2 heterocycles. The van der Waals surface area contributed by atoms with Crippen LogP contribution in [-0.4, -0.2) is 66.7 Å². The van der Waals surface area contributed by atoms with Crippen LogP contribution in [0.1, 0.15) is 49.5 Å². The Labute approximate surface area is 254 Å². The molecule has 0 aliphatic carbocycles. The zero-order valence-electron chi connectivity index (χ0n) is 23.5. The summed E-state index contributed by atoms with van der Waals surface area (Å²) in [6, 6.07) is 22.4. The summed E-state index contributed by atoms with van der Waals surface area (Å²) in [4.78, 5) is 28.9. The molecule has 9 nitrogen and oxygen atoms in total. The number of hydrogen-bond donors (Lipinski definition) is 4. The van der Waals surface area contributed by atoms with E-state index in [2.05, 4.69) is 58.8 Å². The Morgan fingerprint density at radius 1 is 0.952 bits per heavy atom. The van der Waals surface area contributed by atoms with Crippen molar-refractivity contribution in [3.05, 3.63) is 94.5 Å². The standard InChI is InChI=1S/C31H39N3O6S2/c35-19-25-28(37)29(38)30(40-25)34-17-15-26(33-31(34)39)32-27(36)14-8-7-13-24(42-21-23-11-5-2-6-12-23)16-18-41-20-22-9-3-1-4-10-22/h1-6,9-12,15,17,24-25,28-30,35,37-38H,7-8,13-14,16,18-21H2,(H,32,33,36,39). The van der Waals surface area contributed by atoms with Crippen LogP contribution >= 0.6 is 23.5 Å². The third kappa shape index (κ3) is 9.68. The summed E-state index contributed by atoms with van der Waals surface area (Å²) in [7, 11) is 0. The molecule has 1 aliphatic rings. The van der Waals surface area contributed by atoms with Gasteiger partial charge < -0.3 is 25.4 Å². The number of aliphatic hydroxyl groups excluding tert-OH is 3. The monoisotopic (exact) mass is 613 g/mol. The van der Waals surface area contributed by atoms with Crippen LogP contribution in [0.5, 0.6) is 0 Å². The molecule has 5 atom stereocenters. The minimum absolute atomic E-state index is 0.111. The van der Waals surface area contributed by atoms with E-state index < -0.39 is 36.8 Å². The maximum Gasteiger partial charge on any atom is 0.351 e. The number of aromatic nitrogens is 2. The number of amides is 1. The number of carbonyl (C=O) groups excluding carboxylic acids is 1. The minimum atomic E-state index is -1.39. The fourth-order valence-corrected chi connectivity index (χ4v) is 7.14. The summed E-state index contributed by atoms with van der Waals surface area (Å²) in [6.45, 7) is -0.495. The molecule has 0 radical (unpaired) electrons. The van der Waals surface area contributed by atoms with Gasteiger partial charge in [0, 0.05) is 29.4 Å². The number of hydrogen-bond acceptors (Lipinski definition) is 9. The van der Waals surface area contributed by atoms with E-state index in [0.717, 1.165) is 47.5 Å². The number of carbonyl (C=O) groups is 1. The Kier molecular flexibility index (Phi) is 12.9. The molecule has 1 aromatic heterocycles. The first-order chi connectivity index (χ1) is 20.4. The molecule has 226 valence electrons. The largest absolute Gasteiger partial charge is 0.394 e. The summed E-state index contributed by atoms with van der Waals surface area (Å²) in [5.74, 6) is 2.95. The van der Waals surface area contributed by atoms with Crippen LogP contribution < -0.4 is 11.0 Å². The number of anilines is 1. The molecule has 0 saturated carbocycles. The van der Waals surface area contributed by atoms with Crippen molar-refractivity contribution in [2.45, 2.75) is 73.4 Å². The summed E-state index contributed by atoms with van der Waals surface area (Å²) in [6.07, 6.45) is 0.552. The van der Waals surface area contributed by atoms with Crippen molar-refractivity contribution < 1.29 is 24.9 Å². The van der Waals surface area contributed by atoms with Crippen molar-refractivity contribution in [2.75, 3.05) is 17.7 Å². The predicted molar refractivity (Wildman–Crippen MR) is 167 cm³/mol. The number of nitrogens with one attached hydrogen (secondary N) is 1. The Balaban J connectivity index is 1.21. The van der Waals surface area contributed by atoms with E-state index >= 15 is 0 Å². The maximum absolute atomic E-state index is 12.5. The van der Waals surface area contributed by atoms with Gasteiger partial charge in [-0.05, 0) is 42.2 Å². The Morgan fingerprint density at radius 2 is 1.64 bits per heavy atom. The van der Waals surface area contributed by atoms with Gasteiger partial charge in [-0.2, -0.15) is 28.5 Å². The van der Waals surface area contributed by atoms with E-state index in [0.29, 0.717) is 11.7 Å². The van der Waals surface area contributed by atoms with E-state index in [1.807, 2.05) is 35.7 Å². The van der Waals surface area contributed by atoms with Crippen molar-refractivity contribution in [3.63, 3.8) is 0 Å². The molecule has 42 heavy (non-hydrogen) atoms. The lowest BCUT2D eigenvalue weighted by Crippen LogP contribution is -2.36. The second-order valence-electron chi connectivity index (χ2n) is 10.3. The molecular formula is C31H39N3O6S2. The van der Waals surface area contributed by atoms with Gasteiger partial charge in [0.2, 0.25) is 5.91 Å². The summed E-state index contributed by atoms with van der Waals surface area (Å²) in [5.41, 5.74) is 1.91. The average molecular weight is 614 g/mol. The van der Waals surface area contributed by atoms with E-state index in [9.17, 15) is 24.9 Å². The first-order valence-electron chi connectivity index (χ1n) is 14.2. The second-order valence-corrected chi connectivity index (χ2v) is 12.7. The van der Waals surface area contributed by atoms with Crippen LogP contribution in [0.25, 0.3) is 0 Å². The predicted octanol–water partition coefficient (Wildman–Crippen LogP) is 3.98. The molecule has 11 heteroatoms. The third-order valence-corrected chi connectivity index (χ3v) is 9.60. The van der Waals surface area contributed by atoms with Crippen LogP contribution in [0, 0.1) is 0 Å². The molecule has 1 saturated heterocycles. The molecule has 0 spiro atoms. The van der Waals surface area contributed by atoms with Crippen LogP contribution in [0.2, 0.25) is 0 Å². The highest BCUT2D eigenvalue weighted by atomic mass is 32.2. The van der Waals surface area contributed by atoms with E-state index in [4.69, 9.17) is 4.74 Å². The summed E-state index contributed by atoms with van der Waals surface area (Å²) < 4.78 is 6.42. The summed E-state index contributed by atoms with van der Waals surface area (Å²) in [5, 5.41) is 32.5. The second kappa shape index (κ2) is 16.8. The summed E-state index contributed by atoms with van der Waals surface area (Å²) >= 11 is 3.94. The SMILES string of the molecule is O=C(CCCCC(CCSCc1ccccc1)SCc1ccccc1)Nc1ccn(C2OC(CO)C(O)C2O)c(=O)n1. The number of aliphatic hydroxyl groups is 3. The molecule has 5 unspecified atom stereocenters. The van der Waals surface area contributed by atoms with E-state index in [-0.39, 0.29) is 11.7 Å². The van der Waals surface area contributed by atoms with Crippen LogP contribution in [0.4, 0.5) is 5.82 Å². The molecule has 1 amide bonds. The number of rotatable bonds is 16. The van der Waals surface area contributed by atoms with E-state index in [1.54, 1.807) is 0 Å². The Bertz CT molecular complexity index is 1300. The zero-order valence-corrected chi connectivity index (χ0v) is 25.1. The number of ether oxygens (including phenoxy) is 1. The lowest BCUT2D eigenvalue weighted by atomic mass is 10.1. The van der Waals surface area contributed by atoms with Gasteiger partial charge in [-0.1, -0.05) is 67.1 Å². The van der Waals surface area contributed by atoms with E-state index in [1.165, 1.54) is 23.4 Å². The number of nitrogens with zero attached hydrogens (tertiary/aromatic N) is 2. The van der Waals surface area contributed by atoms with Crippen molar-refractivity contribution in [2.24, 2.45) is 0 Å². The molecule has 1 aliphatic heterocycles. The van der Waals surface area contributed by atoms with Crippen molar-refractivity contribution in [1.29, 1.82) is 0 Å². The number of thioether (sulfide) groups is 2. The van der Waals surface area contributed by atoms with Gasteiger partial charge in [-0.15, -0.1) is 0 Å². The average Bonchev–Trinajstić information content (AvgIpc) is 3.29. The number of benzene rings is 2. The third-order valence-electron chi connectivity index (χ3n) is 7.09. The fraction of sp³-hybridized carbons (Fsp3) is 0.452. The van der Waals surface area contributed by atoms with Crippen molar-refractivity contribution >= 4 is 35.2 Å². The molecular weight excluding hydrogens is 574 g/mol. The first kappa shape index (κ1) is 32.2. The van der Waals surface area contributed by atoms with Crippen LogP contribution in [0.3, 0.4) is 0 Å². The quantitative estimate of drug-likeness (QED) is 0.177. The highest BCUT2D eigenvalue weighted by Crippen LogP contribution is 2.29. The smallest absolute Gasteiger partial charge is 0.351 e. The number of unbranched alkanes of at least 4 members (excludes halogenated alkanes) is 1. The molecule has 1 fully saturated rings. The molecule has 4 rings (SSSR count). The molecule has 4 N–H and O–H groups in total. The van der Waals surface area contributed by atoms with Crippen molar-refractivity contribution in [3.8, 4) is 0 Å². The zero-order chi connectivity index (χ0) is 29.7. The lowest BCUT2D eigenvalue weighted by molar-refractivity contribution is -0.116. The minimum Gasteiger partial charge on any atom is -0.394 e. The Morgan fingerprint density at radius 3 is 2.29 bits per heavy atom. The topological polar surface area (TPSA) is 134 Å². The van der Waals surface area contributed by atoms with Crippen LogP contribution in [-0.2, 0) is 21.0 Å². The van der Waals surface area contributed by atoms with Crippen molar-refractivity contribution in [1.82, 2.24) is 9.55 Å². The van der Waals surface area contributed by atoms with Crippen LogP contribution in [0.15, 0.2) is 77.7 Å². The van der Waals surface area contributed by atoms with Gasteiger partial charge in [-0.3, -0.25) is 9.36 Å². The van der Waals surface area contributed by atoms with Gasteiger partial charge in [0.05, 0.1) is 6.61 Å². The highest BCUT2D eigenvalue weighted by Gasteiger charge is 2.43. The van der Waals surface area contributed by atoms with Gasteiger partial charge in [-0.25, -0.2) is 4.79 Å². The molecule has 2 aromatic carbocycles. The fourth-order valence-electron chi connectivity index (χ4n) is 4.73. The van der Waals surface area contributed by atoms with Gasteiger partial charge in [0.1, 0.15) is 24.1 Å². The highest BCUT2D eigenvalue weighted by molar-refractivity contribution is 7.99. The first-order valence-corrected chi connectivity index (χ1v) is 16.4. The Hall–Kier alpha value is -2.67. The maximum atomic E-state index is 12.5. The lowest BCUT2D eigenvalue weighted by Gasteiger charge is -2.17. The van der Waals surface area contributed by atoms with Gasteiger partial charge >= 0.3 is 5.69 Å². The van der Waals surface area contributed by atoms with Gasteiger partial charge in [0.15, 0.2) is 6.23 Å². The molecule has 0 bridgehead atoms. The molecule has 3 aromatic rings. The normalized spacial score (nSPS) is 20.8.